The van der Waals surface area contributed by atoms with Crippen LogP contribution in [0.15, 0.2) is 0 Å². The highest BCUT2D eigenvalue weighted by atomic mass is 28.4. The van der Waals surface area contributed by atoms with Gasteiger partial charge in [-0.15, -0.1) is 0 Å². The standard InChI is InChI=1S/C14H34O4Si2/c1-8-11-12-13-14(19(9-2,15-4)16-5)20(10-3,17-6)18-7/h14H,8-13H2,1-7H3. The summed E-state index contributed by atoms with van der Waals surface area (Å²) < 4.78 is 23.7. The smallest absolute Gasteiger partial charge is 0.342 e. The van der Waals surface area contributed by atoms with Crippen molar-refractivity contribution in [3.8, 4) is 0 Å². The first-order chi connectivity index (χ1) is 9.56. The lowest BCUT2D eigenvalue weighted by atomic mass is 10.2. The minimum Gasteiger partial charge on any atom is -0.397 e. The summed E-state index contributed by atoms with van der Waals surface area (Å²) in [6, 6.07) is 1.86. The summed E-state index contributed by atoms with van der Waals surface area (Å²) >= 11 is 0. The van der Waals surface area contributed by atoms with E-state index in [1.54, 1.807) is 28.4 Å². The fourth-order valence-corrected chi connectivity index (χ4v) is 13.4. The monoisotopic (exact) mass is 322 g/mol. The van der Waals surface area contributed by atoms with Crippen LogP contribution in [-0.2, 0) is 17.7 Å². The third-order valence-electron chi connectivity index (χ3n) is 4.53. The highest BCUT2D eigenvalue weighted by molar-refractivity contribution is 6.88. The van der Waals surface area contributed by atoms with Gasteiger partial charge in [0.15, 0.2) is 0 Å². The molecular weight excluding hydrogens is 288 g/mol. The van der Waals surface area contributed by atoms with E-state index in [9.17, 15) is 0 Å². The molecule has 0 aromatic heterocycles. The zero-order valence-electron chi connectivity index (χ0n) is 14.5. The molecule has 0 N–H and O–H groups in total. The molecule has 0 rings (SSSR count). The van der Waals surface area contributed by atoms with Crippen molar-refractivity contribution in [2.24, 2.45) is 0 Å². The van der Waals surface area contributed by atoms with E-state index in [1.165, 1.54) is 19.3 Å². The van der Waals surface area contributed by atoms with Gasteiger partial charge in [-0.25, -0.2) is 0 Å². The zero-order chi connectivity index (χ0) is 15.6. The minimum absolute atomic E-state index is 0.307. The molecule has 0 radical (unpaired) electrons. The number of rotatable bonds is 12. The van der Waals surface area contributed by atoms with Crippen molar-refractivity contribution in [1.29, 1.82) is 0 Å². The topological polar surface area (TPSA) is 36.9 Å². The van der Waals surface area contributed by atoms with Crippen LogP contribution in [0.2, 0.25) is 17.3 Å². The first-order valence-corrected chi connectivity index (χ1v) is 12.0. The number of hydrogen-bond acceptors (Lipinski definition) is 4. The van der Waals surface area contributed by atoms with Crippen LogP contribution in [0.25, 0.3) is 0 Å². The second kappa shape index (κ2) is 10.1. The molecule has 0 bridgehead atoms. The van der Waals surface area contributed by atoms with Crippen molar-refractivity contribution in [2.45, 2.75) is 63.7 Å². The summed E-state index contributed by atoms with van der Waals surface area (Å²) in [5, 5.41) is 0.307. The maximum atomic E-state index is 5.93. The maximum absolute atomic E-state index is 5.93. The summed E-state index contributed by atoms with van der Waals surface area (Å²) in [5.74, 6) is 0. The van der Waals surface area contributed by atoms with E-state index < -0.39 is 17.1 Å². The Morgan fingerprint density at radius 2 is 1.10 bits per heavy atom. The van der Waals surface area contributed by atoms with Crippen LogP contribution < -0.4 is 0 Å². The molecule has 0 aliphatic heterocycles. The van der Waals surface area contributed by atoms with E-state index in [1.807, 2.05) is 0 Å². The molecule has 0 amide bonds. The van der Waals surface area contributed by atoms with Gasteiger partial charge in [-0.05, 0) is 18.5 Å². The Labute approximate surface area is 127 Å². The van der Waals surface area contributed by atoms with Crippen LogP contribution in [0.1, 0.15) is 46.5 Å². The summed E-state index contributed by atoms with van der Waals surface area (Å²) in [4.78, 5) is 0. The lowest BCUT2D eigenvalue weighted by Crippen LogP contribution is -2.59. The lowest BCUT2D eigenvalue weighted by Gasteiger charge is -2.43. The van der Waals surface area contributed by atoms with Gasteiger partial charge in [0.05, 0.1) is 0 Å². The van der Waals surface area contributed by atoms with E-state index in [0.29, 0.717) is 5.16 Å². The van der Waals surface area contributed by atoms with Gasteiger partial charge in [0.25, 0.3) is 0 Å². The van der Waals surface area contributed by atoms with E-state index in [2.05, 4.69) is 20.8 Å². The molecule has 0 fully saturated rings. The van der Waals surface area contributed by atoms with E-state index in [0.717, 1.165) is 18.5 Å². The molecule has 0 aromatic carbocycles. The molecule has 0 saturated heterocycles. The van der Waals surface area contributed by atoms with Crippen molar-refractivity contribution >= 4 is 17.1 Å². The summed E-state index contributed by atoms with van der Waals surface area (Å²) in [7, 11) is 2.57. The molecule has 0 heterocycles. The molecular formula is C14H34O4Si2. The Hall–Kier alpha value is 0.274. The van der Waals surface area contributed by atoms with Crippen molar-refractivity contribution in [3.05, 3.63) is 0 Å². The molecule has 20 heavy (non-hydrogen) atoms. The predicted molar refractivity (Wildman–Crippen MR) is 88.4 cm³/mol. The quantitative estimate of drug-likeness (QED) is 0.402. The molecule has 0 aromatic rings. The lowest BCUT2D eigenvalue weighted by molar-refractivity contribution is 0.199. The summed E-state index contributed by atoms with van der Waals surface area (Å²) in [6.45, 7) is 6.54. The van der Waals surface area contributed by atoms with Gasteiger partial charge in [0, 0.05) is 33.6 Å². The van der Waals surface area contributed by atoms with Crippen molar-refractivity contribution in [2.75, 3.05) is 28.4 Å². The van der Waals surface area contributed by atoms with Gasteiger partial charge in [0.2, 0.25) is 0 Å². The molecule has 0 spiro atoms. The second-order valence-electron chi connectivity index (χ2n) is 5.20. The fraction of sp³-hybridized carbons (Fsp3) is 1.00. The van der Waals surface area contributed by atoms with E-state index >= 15 is 0 Å². The average molecular weight is 323 g/mol. The van der Waals surface area contributed by atoms with Gasteiger partial charge >= 0.3 is 17.1 Å². The Bertz CT molecular complexity index is 207. The third-order valence-corrected chi connectivity index (χ3v) is 14.6. The SMILES string of the molecule is CCCCCC([Si](CC)(OC)OC)[Si](CC)(OC)OC. The van der Waals surface area contributed by atoms with Crippen molar-refractivity contribution < 1.29 is 17.7 Å². The molecule has 0 atom stereocenters. The molecule has 4 nitrogen and oxygen atoms in total. The Morgan fingerprint density at radius 3 is 1.35 bits per heavy atom. The number of unbranched alkanes of at least 4 members (excludes halogenated alkanes) is 2. The fourth-order valence-electron chi connectivity index (χ4n) is 3.18. The zero-order valence-corrected chi connectivity index (χ0v) is 16.5. The van der Waals surface area contributed by atoms with E-state index in [4.69, 9.17) is 17.7 Å². The van der Waals surface area contributed by atoms with Gasteiger partial charge < -0.3 is 17.7 Å². The van der Waals surface area contributed by atoms with Crippen LogP contribution in [0.3, 0.4) is 0 Å². The van der Waals surface area contributed by atoms with Crippen LogP contribution in [0.5, 0.6) is 0 Å². The maximum Gasteiger partial charge on any atom is 0.342 e. The summed E-state index contributed by atoms with van der Waals surface area (Å²) in [6.07, 6.45) is 4.72. The molecule has 0 unspecified atom stereocenters. The van der Waals surface area contributed by atoms with Crippen molar-refractivity contribution in [3.63, 3.8) is 0 Å². The van der Waals surface area contributed by atoms with Crippen LogP contribution in [-0.4, -0.2) is 45.6 Å². The Balaban J connectivity index is 5.43. The average Bonchev–Trinajstić information content (AvgIpc) is 2.51. The molecule has 6 heteroatoms. The number of hydrogen-bond donors (Lipinski definition) is 0. The molecule has 122 valence electrons. The van der Waals surface area contributed by atoms with Crippen LogP contribution >= 0.6 is 0 Å². The summed E-state index contributed by atoms with van der Waals surface area (Å²) in [5.41, 5.74) is 0. The van der Waals surface area contributed by atoms with Crippen molar-refractivity contribution in [1.82, 2.24) is 0 Å². The molecule has 0 aliphatic carbocycles. The first-order valence-electron chi connectivity index (χ1n) is 7.76. The second-order valence-corrected chi connectivity index (χ2v) is 13.5. The van der Waals surface area contributed by atoms with Crippen LogP contribution in [0, 0.1) is 0 Å². The third kappa shape index (κ3) is 4.38. The molecule has 0 aliphatic rings. The van der Waals surface area contributed by atoms with E-state index in [-0.39, 0.29) is 0 Å². The Morgan fingerprint density at radius 1 is 0.700 bits per heavy atom. The normalized spacial score (nSPS) is 13.2. The molecule has 0 saturated carbocycles. The largest absolute Gasteiger partial charge is 0.397 e. The highest BCUT2D eigenvalue weighted by Crippen LogP contribution is 2.42. The predicted octanol–water partition coefficient (Wildman–Crippen LogP) is 3.99. The Kier molecular flexibility index (Phi) is 10.2. The minimum atomic E-state index is -2.28. The van der Waals surface area contributed by atoms with Crippen LogP contribution in [0.4, 0.5) is 0 Å². The van der Waals surface area contributed by atoms with Gasteiger partial charge in [-0.1, -0.05) is 40.0 Å². The van der Waals surface area contributed by atoms with Gasteiger partial charge in [-0.3, -0.25) is 0 Å². The van der Waals surface area contributed by atoms with Gasteiger partial charge in [0.1, 0.15) is 0 Å². The van der Waals surface area contributed by atoms with Gasteiger partial charge in [-0.2, -0.15) is 0 Å². The highest BCUT2D eigenvalue weighted by Gasteiger charge is 2.57. The first kappa shape index (κ1) is 20.3.